The molecule has 1 aromatic heterocycles. The highest BCUT2D eigenvalue weighted by Crippen LogP contribution is 2.23. The fourth-order valence-corrected chi connectivity index (χ4v) is 1.68. The van der Waals surface area contributed by atoms with Crippen LogP contribution >= 0.6 is 0 Å². The van der Waals surface area contributed by atoms with Gasteiger partial charge in [-0.25, -0.2) is 4.98 Å². The molecule has 0 saturated heterocycles. The number of anilines is 2. The molecule has 3 nitrogen and oxygen atoms in total. The molecular weight excluding hydrogens is 243 g/mol. The van der Waals surface area contributed by atoms with Crippen LogP contribution in [0.15, 0.2) is 18.3 Å². The summed E-state index contributed by atoms with van der Waals surface area (Å²) >= 11 is 0. The molecule has 0 radical (unpaired) electrons. The Bertz CT molecular complexity index is 366. The summed E-state index contributed by atoms with van der Waals surface area (Å²) in [5, 5.41) is 2.99. The van der Waals surface area contributed by atoms with Gasteiger partial charge in [-0.05, 0) is 19.4 Å². The number of hydrogen-bond acceptors (Lipinski definition) is 3. The average Bonchev–Trinajstić information content (AvgIpc) is 2.28. The van der Waals surface area contributed by atoms with Gasteiger partial charge in [0.15, 0.2) is 0 Å². The Morgan fingerprint density at radius 3 is 2.61 bits per heavy atom. The van der Waals surface area contributed by atoms with E-state index < -0.39 is 12.7 Å². The van der Waals surface area contributed by atoms with E-state index in [0.717, 1.165) is 0 Å². The molecule has 102 valence electrons. The van der Waals surface area contributed by atoms with Crippen LogP contribution in [-0.2, 0) is 0 Å². The standard InChI is InChI=1S/C12H18F3N3/c1-3-7-18(9-12(13,14)15)10-5-6-17-11(8-10)16-4-2/h5-6,8H,3-4,7,9H2,1-2H3,(H,16,17). The van der Waals surface area contributed by atoms with Crippen molar-refractivity contribution in [1.29, 1.82) is 0 Å². The van der Waals surface area contributed by atoms with Crippen LogP contribution in [-0.4, -0.2) is 30.8 Å². The maximum atomic E-state index is 12.5. The largest absolute Gasteiger partial charge is 0.405 e. The number of halogens is 3. The first-order valence-corrected chi connectivity index (χ1v) is 5.98. The van der Waals surface area contributed by atoms with E-state index in [1.54, 1.807) is 12.1 Å². The van der Waals surface area contributed by atoms with Crippen molar-refractivity contribution in [3.63, 3.8) is 0 Å². The number of hydrogen-bond donors (Lipinski definition) is 1. The van der Waals surface area contributed by atoms with E-state index in [4.69, 9.17) is 0 Å². The Morgan fingerprint density at radius 1 is 1.33 bits per heavy atom. The topological polar surface area (TPSA) is 28.2 Å². The Hall–Kier alpha value is -1.46. The van der Waals surface area contributed by atoms with Crippen LogP contribution in [0.2, 0.25) is 0 Å². The van der Waals surface area contributed by atoms with Gasteiger partial charge in [0.25, 0.3) is 0 Å². The minimum Gasteiger partial charge on any atom is -0.370 e. The molecule has 1 aromatic rings. The zero-order valence-corrected chi connectivity index (χ0v) is 10.6. The number of alkyl halides is 3. The van der Waals surface area contributed by atoms with Gasteiger partial charge in [0, 0.05) is 31.0 Å². The molecule has 0 aromatic carbocycles. The molecule has 0 atom stereocenters. The van der Waals surface area contributed by atoms with Crippen LogP contribution in [0.3, 0.4) is 0 Å². The lowest BCUT2D eigenvalue weighted by Gasteiger charge is -2.25. The summed E-state index contributed by atoms with van der Waals surface area (Å²) in [6, 6.07) is 3.24. The first-order valence-electron chi connectivity index (χ1n) is 5.98. The molecule has 6 heteroatoms. The fourth-order valence-electron chi connectivity index (χ4n) is 1.68. The highest BCUT2D eigenvalue weighted by Gasteiger charge is 2.30. The predicted molar refractivity (Wildman–Crippen MR) is 67.0 cm³/mol. The Morgan fingerprint density at radius 2 is 2.06 bits per heavy atom. The van der Waals surface area contributed by atoms with Gasteiger partial charge in [0.1, 0.15) is 12.4 Å². The van der Waals surface area contributed by atoms with Crippen LogP contribution in [0.1, 0.15) is 20.3 Å². The molecule has 0 unspecified atom stereocenters. The monoisotopic (exact) mass is 261 g/mol. The van der Waals surface area contributed by atoms with Crippen LogP contribution in [0.25, 0.3) is 0 Å². The van der Waals surface area contributed by atoms with Crippen LogP contribution in [0, 0.1) is 0 Å². The number of rotatable bonds is 6. The van der Waals surface area contributed by atoms with E-state index in [9.17, 15) is 13.2 Å². The number of nitrogens with one attached hydrogen (secondary N) is 1. The van der Waals surface area contributed by atoms with Gasteiger partial charge in [-0.15, -0.1) is 0 Å². The van der Waals surface area contributed by atoms with Crippen molar-refractivity contribution < 1.29 is 13.2 Å². The molecule has 0 saturated carbocycles. The smallest absolute Gasteiger partial charge is 0.370 e. The number of nitrogens with zero attached hydrogens (tertiary/aromatic N) is 2. The van der Waals surface area contributed by atoms with E-state index in [2.05, 4.69) is 10.3 Å². The van der Waals surface area contributed by atoms with Crippen molar-refractivity contribution in [2.45, 2.75) is 26.4 Å². The third-order valence-electron chi connectivity index (χ3n) is 2.33. The lowest BCUT2D eigenvalue weighted by Crippen LogP contribution is -2.34. The fraction of sp³-hybridized carbons (Fsp3) is 0.583. The van der Waals surface area contributed by atoms with E-state index in [-0.39, 0.29) is 0 Å². The summed E-state index contributed by atoms with van der Waals surface area (Å²) in [4.78, 5) is 5.37. The summed E-state index contributed by atoms with van der Waals surface area (Å²) in [6.07, 6.45) is -2.02. The van der Waals surface area contributed by atoms with Gasteiger partial charge < -0.3 is 10.2 Å². The second kappa shape index (κ2) is 6.47. The van der Waals surface area contributed by atoms with Crippen molar-refractivity contribution in [3.05, 3.63) is 18.3 Å². The highest BCUT2D eigenvalue weighted by atomic mass is 19.4. The molecule has 0 spiro atoms. The molecule has 0 amide bonds. The summed E-state index contributed by atoms with van der Waals surface area (Å²) in [5.41, 5.74) is 0.542. The molecule has 1 heterocycles. The average molecular weight is 261 g/mol. The third-order valence-corrected chi connectivity index (χ3v) is 2.33. The number of pyridine rings is 1. The molecule has 0 aliphatic carbocycles. The molecule has 1 N–H and O–H groups in total. The summed E-state index contributed by atoms with van der Waals surface area (Å²) < 4.78 is 37.5. The molecule has 0 fully saturated rings. The van der Waals surface area contributed by atoms with Crippen LogP contribution in [0.4, 0.5) is 24.7 Å². The second-order valence-corrected chi connectivity index (χ2v) is 3.97. The molecule has 18 heavy (non-hydrogen) atoms. The molecule has 0 aliphatic rings. The van der Waals surface area contributed by atoms with Gasteiger partial charge in [-0.1, -0.05) is 6.92 Å². The van der Waals surface area contributed by atoms with Gasteiger partial charge >= 0.3 is 6.18 Å². The SMILES string of the molecule is CCCN(CC(F)(F)F)c1ccnc(NCC)c1. The molecule has 0 bridgehead atoms. The molecule has 1 rings (SSSR count). The Labute approximate surface area is 105 Å². The van der Waals surface area contributed by atoms with E-state index >= 15 is 0 Å². The first kappa shape index (κ1) is 14.6. The quantitative estimate of drug-likeness (QED) is 0.851. The van der Waals surface area contributed by atoms with Gasteiger partial charge in [-0.3, -0.25) is 0 Å². The van der Waals surface area contributed by atoms with E-state index in [1.807, 2.05) is 13.8 Å². The first-order chi connectivity index (χ1) is 8.46. The summed E-state index contributed by atoms with van der Waals surface area (Å²) in [6.45, 7) is 3.89. The maximum absolute atomic E-state index is 12.5. The lowest BCUT2D eigenvalue weighted by atomic mass is 10.3. The lowest BCUT2D eigenvalue weighted by molar-refractivity contribution is -0.119. The van der Waals surface area contributed by atoms with Gasteiger partial charge in [-0.2, -0.15) is 13.2 Å². The Kier molecular flexibility index (Phi) is 5.25. The summed E-state index contributed by atoms with van der Waals surface area (Å²) in [5.74, 6) is 0.596. The molecule has 0 aliphatic heterocycles. The van der Waals surface area contributed by atoms with Crippen LogP contribution < -0.4 is 10.2 Å². The van der Waals surface area contributed by atoms with Crippen molar-refractivity contribution in [1.82, 2.24) is 4.98 Å². The zero-order chi connectivity index (χ0) is 13.6. The van der Waals surface area contributed by atoms with Crippen molar-refractivity contribution in [3.8, 4) is 0 Å². The van der Waals surface area contributed by atoms with Crippen molar-refractivity contribution >= 4 is 11.5 Å². The highest BCUT2D eigenvalue weighted by molar-refractivity contribution is 5.53. The third kappa shape index (κ3) is 4.81. The van der Waals surface area contributed by atoms with E-state index in [0.29, 0.717) is 31.0 Å². The zero-order valence-electron chi connectivity index (χ0n) is 10.6. The Balaban J connectivity index is 2.87. The van der Waals surface area contributed by atoms with Gasteiger partial charge in [0.2, 0.25) is 0 Å². The summed E-state index contributed by atoms with van der Waals surface area (Å²) in [7, 11) is 0. The number of aromatic nitrogens is 1. The molecular formula is C12H18F3N3. The second-order valence-electron chi connectivity index (χ2n) is 3.97. The predicted octanol–water partition coefficient (Wildman–Crippen LogP) is 3.29. The van der Waals surface area contributed by atoms with Crippen molar-refractivity contribution in [2.24, 2.45) is 0 Å². The maximum Gasteiger partial charge on any atom is 0.405 e. The van der Waals surface area contributed by atoms with Gasteiger partial charge in [0.05, 0.1) is 0 Å². The van der Waals surface area contributed by atoms with Crippen LogP contribution in [0.5, 0.6) is 0 Å². The normalized spacial score (nSPS) is 11.4. The minimum absolute atomic E-state index is 0.370. The minimum atomic E-state index is -4.20. The van der Waals surface area contributed by atoms with Crippen molar-refractivity contribution in [2.75, 3.05) is 29.9 Å². The van der Waals surface area contributed by atoms with E-state index in [1.165, 1.54) is 11.1 Å².